The molecular weight excluding hydrogens is 290 g/mol. The van der Waals surface area contributed by atoms with Crippen LogP contribution in [-0.4, -0.2) is 50.1 Å². The molecule has 0 radical (unpaired) electrons. The zero-order valence-electron chi connectivity index (χ0n) is 12.5. The van der Waals surface area contributed by atoms with Crippen LogP contribution < -0.4 is 15.4 Å². The summed E-state index contributed by atoms with van der Waals surface area (Å²) in [5.41, 5.74) is 0.614. The molecule has 116 valence electrons. The van der Waals surface area contributed by atoms with Crippen molar-refractivity contribution in [1.29, 1.82) is 0 Å². The molecule has 0 unspecified atom stereocenters. The molecule has 2 rings (SSSR count). The quantitative estimate of drug-likeness (QED) is 0.873. The van der Waals surface area contributed by atoms with E-state index in [4.69, 9.17) is 16.3 Å². The summed E-state index contributed by atoms with van der Waals surface area (Å²) in [4.78, 5) is 14.4. The number of carbonyl (C=O) groups excluding carboxylic acids is 1. The summed E-state index contributed by atoms with van der Waals surface area (Å²) < 4.78 is 5.22. The van der Waals surface area contributed by atoms with Crippen molar-refractivity contribution in [2.24, 2.45) is 0 Å². The number of hydrogen-bond acceptors (Lipinski definition) is 4. The van der Waals surface area contributed by atoms with Crippen LogP contribution in [0.25, 0.3) is 0 Å². The van der Waals surface area contributed by atoms with Gasteiger partial charge in [-0.2, -0.15) is 0 Å². The maximum Gasteiger partial charge on any atom is 0.225 e. The van der Waals surface area contributed by atoms with Gasteiger partial charge in [-0.05, 0) is 25.1 Å². The number of carbonyl (C=O) groups is 1. The number of rotatable bonds is 5. The van der Waals surface area contributed by atoms with Crippen LogP contribution in [0, 0.1) is 0 Å². The monoisotopic (exact) mass is 311 g/mol. The Morgan fingerprint density at radius 3 is 3.10 bits per heavy atom. The van der Waals surface area contributed by atoms with Crippen molar-refractivity contribution < 1.29 is 9.53 Å². The second-order valence-corrected chi connectivity index (χ2v) is 5.67. The zero-order chi connectivity index (χ0) is 15.2. The van der Waals surface area contributed by atoms with E-state index >= 15 is 0 Å². The smallest absolute Gasteiger partial charge is 0.225 e. The minimum absolute atomic E-state index is 0.0266. The summed E-state index contributed by atoms with van der Waals surface area (Å²) in [7, 11) is 1.57. The fourth-order valence-electron chi connectivity index (χ4n) is 2.45. The van der Waals surface area contributed by atoms with Gasteiger partial charge in [0, 0.05) is 43.7 Å². The molecule has 0 saturated carbocycles. The number of amides is 1. The molecule has 1 heterocycles. The predicted octanol–water partition coefficient (Wildman–Crippen LogP) is 1.97. The molecule has 1 saturated heterocycles. The lowest BCUT2D eigenvalue weighted by Crippen LogP contribution is -2.50. The Bertz CT molecular complexity index is 496. The van der Waals surface area contributed by atoms with Crippen molar-refractivity contribution in [2.75, 3.05) is 38.6 Å². The van der Waals surface area contributed by atoms with Crippen molar-refractivity contribution in [3.63, 3.8) is 0 Å². The molecule has 0 spiro atoms. The van der Waals surface area contributed by atoms with E-state index in [0.29, 0.717) is 28.9 Å². The second-order valence-electron chi connectivity index (χ2n) is 5.23. The Balaban J connectivity index is 1.88. The van der Waals surface area contributed by atoms with E-state index < -0.39 is 0 Å². The minimum Gasteiger partial charge on any atom is -0.495 e. The largest absolute Gasteiger partial charge is 0.495 e. The minimum atomic E-state index is -0.0266. The van der Waals surface area contributed by atoms with Gasteiger partial charge in [-0.1, -0.05) is 11.6 Å². The first-order valence-corrected chi connectivity index (χ1v) is 7.56. The van der Waals surface area contributed by atoms with E-state index in [9.17, 15) is 4.79 Å². The lowest BCUT2D eigenvalue weighted by Gasteiger charge is -2.33. The first kappa shape index (κ1) is 16.1. The number of methoxy groups -OCH3 is 1. The molecule has 21 heavy (non-hydrogen) atoms. The Hall–Kier alpha value is -1.30. The normalized spacial score (nSPS) is 19.3. The molecule has 1 aliphatic rings. The number of nitrogens with zero attached hydrogens (tertiary/aromatic N) is 1. The van der Waals surface area contributed by atoms with Gasteiger partial charge >= 0.3 is 0 Å². The van der Waals surface area contributed by atoms with Crippen LogP contribution >= 0.6 is 11.6 Å². The molecule has 1 atom stereocenters. The van der Waals surface area contributed by atoms with Gasteiger partial charge in [0.2, 0.25) is 5.91 Å². The molecule has 0 bridgehead atoms. The number of nitrogens with one attached hydrogen (secondary N) is 2. The first-order valence-electron chi connectivity index (χ1n) is 7.18. The van der Waals surface area contributed by atoms with Crippen LogP contribution in [0.3, 0.4) is 0 Å². The highest BCUT2D eigenvalue weighted by atomic mass is 35.5. The van der Waals surface area contributed by atoms with Crippen LogP contribution in [0.15, 0.2) is 18.2 Å². The van der Waals surface area contributed by atoms with E-state index in [1.807, 2.05) is 0 Å². The summed E-state index contributed by atoms with van der Waals surface area (Å²) in [5.74, 6) is 0.588. The van der Waals surface area contributed by atoms with E-state index in [-0.39, 0.29) is 5.91 Å². The molecule has 0 aliphatic carbocycles. The van der Waals surface area contributed by atoms with E-state index in [0.717, 1.165) is 26.2 Å². The number of piperazine rings is 1. The third-order valence-electron chi connectivity index (χ3n) is 3.70. The summed E-state index contributed by atoms with van der Waals surface area (Å²) in [6.07, 6.45) is 0.458. The maximum atomic E-state index is 12.1. The summed E-state index contributed by atoms with van der Waals surface area (Å²) in [6, 6.07) is 5.65. The van der Waals surface area contributed by atoms with Gasteiger partial charge in [-0.25, -0.2) is 0 Å². The van der Waals surface area contributed by atoms with Crippen LogP contribution in [-0.2, 0) is 4.79 Å². The van der Waals surface area contributed by atoms with Crippen molar-refractivity contribution in [1.82, 2.24) is 10.2 Å². The van der Waals surface area contributed by atoms with E-state index in [1.54, 1.807) is 25.3 Å². The Morgan fingerprint density at radius 2 is 2.38 bits per heavy atom. The molecule has 2 N–H and O–H groups in total. The van der Waals surface area contributed by atoms with Gasteiger partial charge in [0.15, 0.2) is 0 Å². The molecule has 1 aliphatic heterocycles. The summed E-state index contributed by atoms with van der Waals surface area (Å²) >= 11 is 5.95. The Morgan fingerprint density at radius 1 is 1.57 bits per heavy atom. The molecule has 6 heteroatoms. The molecule has 0 aromatic heterocycles. The fraction of sp³-hybridized carbons (Fsp3) is 0.533. The number of halogens is 1. The van der Waals surface area contributed by atoms with Crippen molar-refractivity contribution in [2.45, 2.75) is 19.4 Å². The van der Waals surface area contributed by atoms with Gasteiger partial charge in [0.1, 0.15) is 5.75 Å². The average Bonchev–Trinajstić information content (AvgIpc) is 2.47. The van der Waals surface area contributed by atoms with Crippen LogP contribution in [0.4, 0.5) is 5.69 Å². The summed E-state index contributed by atoms with van der Waals surface area (Å²) in [6.45, 7) is 5.87. The molecule has 1 aromatic carbocycles. The third-order valence-corrected chi connectivity index (χ3v) is 3.94. The molecular formula is C15H22ClN3O2. The Kier molecular flexibility index (Phi) is 5.85. The van der Waals surface area contributed by atoms with Gasteiger partial charge in [0.25, 0.3) is 0 Å². The predicted molar refractivity (Wildman–Crippen MR) is 85.2 cm³/mol. The maximum absolute atomic E-state index is 12.1. The van der Waals surface area contributed by atoms with E-state index in [1.165, 1.54) is 0 Å². The SMILES string of the molecule is COc1ccc(Cl)cc1NC(=O)CCN1CCNC[C@@H]1C. The Labute approximate surface area is 130 Å². The average molecular weight is 312 g/mol. The summed E-state index contributed by atoms with van der Waals surface area (Å²) in [5, 5.41) is 6.78. The number of benzene rings is 1. The second kappa shape index (κ2) is 7.64. The molecule has 1 fully saturated rings. The lowest BCUT2D eigenvalue weighted by molar-refractivity contribution is -0.116. The van der Waals surface area contributed by atoms with Gasteiger partial charge in [-0.15, -0.1) is 0 Å². The van der Waals surface area contributed by atoms with Crippen molar-refractivity contribution >= 4 is 23.2 Å². The van der Waals surface area contributed by atoms with Gasteiger partial charge in [0.05, 0.1) is 12.8 Å². The number of hydrogen-bond donors (Lipinski definition) is 2. The van der Waals surface area contributed by atoms with Crippen LogP contribution in [0.2, 0.25) is 5.02 Å². The van der Waals surface area contributed by atoms with Gasteiger partial charge < -0.3 is 15.4 Å². The highest BCUT2D eigenvalue weighted by Gasteiger charge is 2.18. The van der Waals surface area contributed by atoms with Crippen LogP contribution in [0.1, 0.15) is 13.3 Å². The van der Waals surface area contributed by atoms with Crippen molar-refractivity contribution in [3.05, 3.63) is 23.2 Å². The molecule has 1 amide bonds. The number of ether oxygens (including phenoxy) is 1. The fourth-order valence-corrected chi connectivity index (χ4v) is 2.62. The first-order chi connectivity index (χ1) is 10.1. The molecule has 1 aromatic rings. The topological polar surface area (TPSA) is 53.6 Å². The lowest BCUT2D eigenvalue weighted by atomic mass is 10.2. The van der Waals surface area contributed by atoms with E-state index in [2.05, 4.69) is 22.5 Å². The highest BCUT2D eigenvalue weighted by molar-refractivity contribution is 6.31. The molecule has 5 nitrogen and oxygen atoms in total. The van der Waals surface area contributed by atoms with Crippen molar-refractivity contribution in [3.8, 4) is 5.75 Å². The van der Waals surface area contributed by atoms with Gasteiger partial charge in [-0.3, -0.25) is 9.69 Å². The third kappa shape index (κ3) is 4.59. The highest BCUT2D eigenvalue weighted by Crippen LogP contribution is 2.27. The number of anilines is 1. The zero-order valence-corrected chi connectivity index (χ0v) is 13.2. The van der Waals surface area contributed by atoms with Crippen LogP contribution in [0.5, 0.6) is 5.75 Å². The standard InChI is InChI=1S/C15H22ClN3O2/c1-11-10-17-6-8-19(11)7-5-15(20)18-13-9-12(16)3-4-14(13)21-2/h3-4,9,11,17H,5-8,10H2,1-2H3,(H,18,20)/t11-/m0/s1.